The van der Waals surface area contributed by atoms with Crippen molar-refractivity contribution in [3.63, 3.8) is 0 Å². The van der Waals surface area contributed by atoms with Crippen LogP contribution >= 0.6 is 11.6 Å². The molecule has 6 nitrogen and oxygen atoms in total. The van der Waals surface area contributed by atoms with Crippen molar-refractivity contribution in [3.05, 3.63) is 34.6 Å². The standard InChI is InChI=1S/C13H13ClF6N4O2/c1-2-22-11(25)24-8(13(18,19)20)4-9(21)26-10-7(14)3-6(5-23-10)12(15,16)17/h3-5,9H,2,21H2,1H3,(H2,22,24,25)/b8-4-. The lowest BCUT2D eigenvalue weighted by molar-refractivity contribution is -0.137. The van der Waals surface area contributed by atoms with E-state index in [4.69, 9.17) is 22.1 Å². The van der Waals surface area contributed by atoms with Gasteiger partial charge in [0, 0.05) is 12.7 Å². The Morgan fingerprint density at radius 2 is 2.00 bits per heavy atom. The molecule has 1 heterocycles. The van der Waals surface area contributed by atoms with Crippen LogP contribution in [0.2, 0.25) is 5.02 Å². The number of pyridine rings is 1. The van der Waals surface area contributed by atoms with Crippen LogP contribution in [0.25, 0.3) is 0 Å². The molecule has 0 aliphatic carbocycles. The first-order valence-electron chi connectivity index (χ1n) is 6.83. The van der Waals surface area contributed by atoms with Gasteiger partial charge in [0.15, 0.2) is 6.23 Å². The van der Waals surface area contributed by atoms with Crippen LogP contribution in [-0.2, 0) is 6.18 Å². The van der Waals surface area contributed by atoms with Crippen molar-refractivity contribution < 1.29 is 35.9 Å². The Hall–Kier alpha value is -2.21. The highest BCUT2D eigenvalue weighted by Gasteiger charge is 2.36. The van der Waals surface area contributed by atoms with Gasteiger partial charge in [-0.05, 0) is 19.1 Å². The molecule has 2 amide bonds. The number of amides is 2. The van der Waals surface area contributed by atoms with Gasteiger partial charge in [-0.1, -0.05) is 11.6 Å². The van der Waals surface area contributed by atoms with Crippen LogP contribution in [0.3, 0.4) is 0 Å². The van der Waals surface area contributed by atoms with Gasteiger partial charge in [0.05, 0.1) is 5.56 Å². The van der Waals surface area contributed by atoms with Crippen LogP contribution in [0, 0.1) is 0 Å². The number of hydrogen-bond acceptors (Lipinski definition) is 4. The molecule has 0 bridgehead atoms. The average molecular weight is 407 g/mol. The van der Waals surface area contributed by atoms with Crippen molar-refractivity contribution >= 4 is 17.6 Å². The predicted molar refractivity (Wildman–Crippen MR) is 79.2 cm³/mol. The van der Waals surface area contributed by atoms with Gasteiger partial charge >= 0.3 is 18.4 Å². The van der Waals surface area contributed by atoms with Crippen molar-refractivity contribution in [2.45, 2.75) is 25.5 Å². The van der Waals surface area contributed by atoms with E-state index in [0.717, 1.165) is 0 Å². The number of alkyl halides is 6. The van der Waals surface area contributed by atoms with Crippen LogP contribution in [0.5, 0.6) is 5.88 Å². The summed E-state index contributed by atoms with van der Waals surface area (Å²) < 4.78 is 81.0. The quantitative estimate of drug-likeness (QED) is 0.517. The van der Waals surface area contributed by atoms with E-state index >= 15 is 0 Å². The van der Waals surface area contributed by atoms with Gasteiger partial charge in [-0.3, -0.25) is 5.73 Å². The molecule has 0 spiro atoms. The molecule has 1 atom stereocenters. The third-order valence-corrected chi connectivity index (χ3v) is 2.88. The number of nitrogens with zero attached hydrogens (tertiary/aromatic N) is 1. The highest BCUT2D eigenvalue weighted by Crippen LogP contribution is 2.33. The van der Waals surface area contributed by atoms with Crippen molar-refractivity contribution in [1.82, 2.24) is 15.6 Å². The Morgan fingerprint density at radius 3 is 2.46 bits per heavy atom. The number of carbonyl (C=O) groups is 1. The Balaban J connectivity index is 2.98. The SMILES string of the molecule is CCNC(=O)N/C(=C\C(N)Oc1ncc(C(F)(F)F)cc1Cl)C(F)(F)F. The number of allylic oxidation sites excluding steroid dienone is 1. The van der Waals surface area contributed by atoms with E-state index in [1.807, 2.05) is 0 Å². The predicted octanol–water partition coefficient (Wildman–Crippen LogP) is 3.18. The van der Waals surface area contributed by atoms with E-state index in [1.165, 1.54) is 6.92 Å². The van der Waals surface area contributed by atoms with Crippen molar-refractivity contribution in [2.75, 3.05) is 6.54 Å². The zero-order valence-electron chi connectivity index (χ0n) is 13.0. The second-order valence-electron chi connectivity index (χ2n) is 4.65. The summed E-state index contributed by atoms with van der Waals surface area (Å²) in [6.07, 6.45) is -10.8. The van der Waals surface area contributed by atoms with E-state index < -0.39 is 46.8 Å². The van der Waals surface area contributed by atoms with Gasteiger partial charge in [0.2, 0.25) is 5.88 Å². The molecular weight excluding hydrogens is 394 g/mol. The van der Waals surface area contributed by atoms with Gasteiger partial charge < -0.3 is 15.4 Å². The summed E-state index contributed by atoms with van der Waals surface area (Å²) in [6, 6.07) is -0.647. The van der Waals surface area contributed by atoms with Crippen molar-refractivity contribution in [1.29, 1.82) is 0 Å². The largest absolute Gasteiger partial charge is 0.454 e. The number of aromatic nitrogens is 1. The Bertz CT molecular complexity index is 678. The van der Waals surface area contributed by atoms with Crippen molar-refractivity contribution in [3.8, 4) is 5.88 Å². The first-order valence-corrected chi connectivity index (χ1v) is 7.21. The van der Waals surface area contributed by atoms with Gasteiger partial charge in [0.25, 0.3) is 0 Å². The molecule has 1 unspecified atom stereocenters. The van der Waals surface area contributed by atoms with E-state index in [2.05, 4.69) is 10.3 Å². The molecule has 4 N–H and O–H groups in total. The number of hydrogen-bond donors (Lipinski definition) is 3. The first kappa shape index (κ1) is 21.8. The third kappa shape index (κ3) is 6.59. The summed E-state index contributed by atoms with van der Waals surface area (Å²) in [5.41, 5.74) is 2.65. The Morgan fingerprint density at radius 1 is 1.38 bits per heavy atom. The van der Waals surface area contributed by atoms with E-state index in [1.54, 1.807) is 5.32 Å². The summed E-state index contributed by atoms with van der Waals surface area (Å²) in [5, 5.41) is 3.03. The minimum atomic E-state index is -4.97. The minimum Gasteiger partial charge on any atom is -0.454 e. The van der Waals surface area contributed by atoms with Crippen LogP contribution in [0.15, 0.2) is 24.0 Å². The van der Waals surface area contributed by atoms with Crippen molar-refractivity contribution in [2.24, 2.45) is 5.73 Å². The molecule has 0 fully saturated rings. The van der Waals surface area contributed by atoms with Crippen LogP contribution < -0.4 is 21.1 Å². The number of carbonyl (C=O) groups excluding carboxylic acids is 1. The number of ether oxygens (including phenoxy) is 1. The van der Waals surface area contributed by atoms with E-state index in [0.29, 0.717) is 18.3 Å². The molecule has 1 aromatic rings. The molecule has 0 aromatic carbocycles. The summed E-state index contributed by atoms with van der Waals surface area (Å²) in [4.78, 5) is 14.5. The Kier molecular flexibility index (Phi) is 7.09. The number of rotatable bonds is 5. The van der Waals surface area contributed by atoms with Crippen LogP contribution in [0.1, 0.15) is 12.5 Å². The van der Waals surface area contributed by atoms with E-state index in [-0.39, 0.29) is 6.54 Å². The first-order chi connectivity index (χ1) is 11.8. The monoisotopic (exact) mass is 406 g/mol. The van der Waals surface area contributed by atoms with E-state index in [9.17, 15) is 31.1 Å². The molecule has 0 saturated carbocycles. The summed E-state index contributed by atoms with van der Waals surface area (Å²) >= 11 is 5.57. The summed E-state index contributed by atoms with van der Waals surface area (Å²) in [6.45, 7) is 1.56. The topological polar surface area (TPSA) is 89.3 Å². The van der Waals surface area contributed by atoms with Crippen LogP contribution in [0.4, 0.5) is 31.1 Å². The second-order valence-corrected chi connectivity index (χ2v) is 5.06. The maximum atomic E-state index is 12.9. The molecular formula is C13H13ClF6N4O2. The van der Waals surface area contributed by atoms with Crippen LogP contribution in [-0.4, -0.2) is 30.0 Å². The number of nitrogens with one attached hydrogen (secondary N) is 2. The molecule has 13 heteroatoms. The lowest BCUT2D eigenvalue weighted by atomic mass is 10.3. The lowest BCUT2D eigenvalue weighted by Crippen LogP contribution is -2.40. The third-order valence-electron chi connectivity index (χ3n) is 2.60. The number of halogens is 7. The van der Waals surface area contributed by atoms with Gasteiger partial charge in [-0.2, -0.15) is 26.3 Å². The zero-order valence-corrected chi connectivity index (χ0v) is 13.8. The highest BCUT2D eigenvalue weighted by atomic mass is 35.5. The number of nitrogens with two attached hydrogens (primary N) is 1. The molecule has 0 radical (unpaired) electrons. The van der Waals surface area contributed by atoms with Gasteiger partial charge in [-0.25, -0.2) is 9.78 Å². The fourth-order valence-electron chi connectivity index (χ4n) is 1.53. The molecule has 0 aliphatic rings. The lowest BCUT2D eigenvalue weighted by Gasteiger charge is -2.17. The molecule has 1 rings (SSSR count). The smallest absolute Gasteiger partial charge is 0.431 e. The summed E-state index contributed by atoms with van der Waals surface area (Å²) in [7, 11) is 0. The molecule has 146 valence electrons. The number of urea groups is 1. The maximum Gasteiger partial charge on any atom is 0.431 e. The maximum absolute atomic E-state index is 12.9. The highest BCUT2D eigenvalue weighted by molar-refractivity contribution is 6.31. The average Bonchev–Trinajstić information content (AvgIpc) is 2.47. The minimum absolute atomic E-state index is 0.0740. The van der Waals surface area contributed by atoms with Gasteiger partial charge in [-0.15, -0.1) is 0 Å². The normalized spacial score (nSPS) is 14.0. The molecule has 26 heavy (non-hydrogen) atoms. The zero-order chi connectivity index (χ0) is 20.1. The fourth-order valence-corrected chi connectivity index (χ4v) is 1.74. The molecule has 0 aliphatic heterocycles. The Labute approximate surface area is 148 Å². The van der Waals surface area contributed by atoms with Gasteiger partial charge in [0.1, 0.15) is 10.7 Å². The fraction of sp³-hybridized carbons (Fsp3) is 0.385. The molecule has 0 saturated heterocycles. The summed E-state index contributed by atoms with van der Waals surface area (Å²) in [5.74, 6) is -0.608. The second kappa shape index (κ2) is 8.45. The molecule has 1 aromatic heterocycles.